The van der Waals surface area contributed by atoms with Crippen molar-refractivity contribution in [2.75, 3.05) is 13.7 Å². The van der Waals surface area contributed by atoms with E-state index in [1.54, 1.807) is 31.0 Å². The molecule has 8 heteroatoms. The van der Waals surface area contributed by atoms with E-state index < -0.39 is 6.61 Å². The minimum absolute atomic E-state index is 0.0220. The molecule has 0 saturated carbocycles. The Labute approximate surface area is 168 Å². The maximum Gasteiger partial charge on any atom is 0.387 e. The van der Waals surface area contributed by atoms with Crippen LogP contribution in [-0.4, -0.2) is 36.1 Å². The summed E-state index contributed by atoms with van der Waals surface area (Å²) in [6.45, 7) is 5.52. The lowest BCUT2D eigenvalue weighted by Crippen LogP contribution is -2.26. The average Bonchev–Trinajstić information content (AvgIpc) is 2.95. The van der Waals surface area contributed by atoms with E-state index in [2.05, 4.69) is 23.6 Å². The largest absolute Gasteiger partial charge is 0.490 e. The van der Waals surface area contributed by atoms with Crippen LogP contribution in [0.25, 0.3) is 0 Å². The Morgan fingerprint density at radius 3 is 2.61 bits per heavy atom. The summed E-state index contributed by atoms with van der Waals surface area (Å²) in [4.78, 5) is 19.5. The molecule has 0 fully saturated rings. The first kappa shape index (κ1) is 22.1. The van der Waals surface area contributed by atoms with E-state index in [0.717, 1.165) is 22.7 Å². The zero-order chi connectivity index (χ0) is 20.8. The van der Waals surface area contributed by atoms with Gasteiger partial charge in [-0.05, 0) is 37.5 Å². The standard InChI is InChI=1S/C20H26F2N2O3S/c1-6-26-16-10-14(7-8-15(16)27-20(21)22)11-24(5)19(25)18-13(4)23-17(28-18)9-12(2)3/h7-8,10,12,20H,6,9,11H2,1-5H3. The highest BCUT2D eigenvalue weighted by molar-refractivity contribution is 7.13. The van der Waals surface area contributed by atoms with Gasteiger partial charge in [0.15, 0.2) is 11.5 Å². The SMILES string of the molecule is CCOc1cc(CN(C)C(=O)c2sc(CC(C)C)nc2C)ccc1OC(F)F. The second kappa shape index (κ2) is 9.82. The Morgan fingerprint density at radius 1 is 1.29 bits per heavy atom. The third-order valence-electron chi connectivity index (χ3n) is 3.91. The molecule has 0 spiro atoms. The number of benzene rings is 1. The maximum absolute atomic E-state index is 12.8. The van der Waals surface area contributed by atoms with Crippen molar-refractivity contribution in [3.05, 3.63) is 39.3 Å². The van der Waals surface area contributed by atoms with Gasteiger partial charge in [0, 0.05) is 20.0 Å². The molecule has 2 rings (SSSR count). The third-order valence-corrected chi connectivity index (χ3v) is 5.08. The van der Waals surface area contributed by atoms with Gasteiger partial charge in [0.25, 0.3) is 5.91 Å². The number of amides is 1. The van der Waals surface area contributed by atoms with Gasteiger partial charge in [0.05, 0.1) is 17.3 Å². The van der Waals surface area contributed by atoms with Gasteiger partial charge in [0.1, 0.15) is 4.88 Å². The van der Waals surface area contributed by atoms with E-state index in [-0.39, 0.29) is 17.4 Å². The van der Waals surface area contributed by atoms with E-state index in [9.17, 15) is 13.6 Å². The van der Waals surface area contributed by atoms with Crippen LogP contribution in [0, 0.1) is 12.8 Å². The first-order valence-electron chi connectivity index (χ1n) is 9.13. The molecule has 1 heterocycles. The highest BCUT2D eigenvalue weighted by atomic mass is 32.1. The summed E-state index contributed by atoms with van der Waals surface area (Å²) in [5, 5.41) is 0.955. The number of thiazole rings is 1. The first-order valence-corrected chi connectivity index (χ1v) is 9.95. The fourth-order valence-corrected chi connectivity index (χ4v) is 3.99. The lowest BCUT2D eigenvalue weighted by molar-refractivity contribution is -0.0514. The molecule has 2 aromatic rings. The van der Waals surface area contributed by atoms with Crippen molar-refractivity contribution in [2.24, 2.45) is 5.92 Å². The number of aryl methyl sites for hydroxylation is 1. The van der Waals surface area contributed by atoms with Gasteiger partial charge in [0.2, 0.25) is 0 Å². The summed E-state index contributed by atoms with van der Waals surface area (Å²) in [5.74, 6) is 0.564. The predicted octanol–water partition coefficient (Wildman–Crippen LogP) is 4.92. The number of carbonyl (C=O) groups excluding carboxylic acids is 1. The number of hydrogen-bond donors (Lipinski definition) is 0. The van der Waals surface area contributed by atoms with Crippen molar-refractivity contribution in [1.29, 1.82) is 0 Å². The number of carbonyl (C=O) groups is 1. The number of ether oxygens (including phenoxy) is 2. The summed E-state index contributed by atoms with van der Waals surface area (Å²) in [7, 11) is 1.70. The summed E-state index contributed by atoms with van der Waals surface area (Å²) in [6.07, 6.45) is 0.839. The molecule has 28 heavy (non-hydrogen) atoms. The zero-order valence-electron chi connectivity index (χ0n) is 16.8. The first-order chi connectivity index (χ1) is 13.2. The van der Waals surface area contributed by atoms with E-state index in [1.807, 2.05) is 6.92 Å². The fourth-order valence-electron chi connectivity index (χ4n) is 2.72. The lowest BCUT2D eigenvalue weighted by Gasteiger charge is -2.18. The molecule has 1 aromatic carbocycles. The monoisotopic (exact) mass is 412 g/mol. The number of hydrogen-bond acceptors (Lipinski definition) is 5. The molecule has 0 N–H and O–H groups in total. The minimum atomic E-state index is -2.93. The molecule has 154 valence electrons. The number of rotatable bonds is 9. The molecule has 0 atom stereocenters. The number of nitrogens with zero attached hydrogens (tertiary/aromatic N) is 2. The van der Waals surface area contributed by atoms with Crippen LogP contribution >= 0.6 is 11.3 Å². The van der Waals surface area contributed by atoms with E-state index in [0.29, 0.717) is 23.9 Å². The van der Waals surface area contributed by atoms with Crippen molar-refractivity contribution in [2.45, 2.75) is 47.3 Å². The van der Waals surface area contributed by atoms with Crippen LogP contribution in [-0.2, 0) is 13.0 Å². The van der Waals surface area contributed by atoms with Crippen molar-refractivity contribution in [1.82, 2.24) is 9.88 Å². The van der Waals surface area contributed by atoms with Crippen LogP contribution in [0.3, 0.4) is 0 Å². The molecule has 1 aromatic heterocycles. The summed E-state index contributed by atoms with van der Waals surface area (Å²) < 4.78 is 34.9. The molecular formula is C20H26F2N2O3S. The molecule has 0 aliphatic rings. The minimum Gasteiger partial charge on any atom is -0.490 e. The molecular weight excluding hydrogens is 386 g/mol. The Balaban J connectivity index is 2.15. The second-order valence-electron chi connectivity index (χ2n) is 6.87. The second-order valence-corrected chi connectivity index (χ2v) is 7.96. The Kier molecular flexibility index (Phi) is 7.74. The molecule has 0 unspecified atom stereocenters. The molecule has 0 radical (unpaired) electrons. The summed E-state index contributed by atoms with van der Waals surface area (Å²) in [6, 6.07) is 4.70. The van der Waals surface area contributed by atoms with Crippen molar-refractivity contribution in [3.63, 3.8) is 0 Å². The van der Waals surface area contributed by atoms with Gasteiger partial charge in [-0.1, -0.05) is 19.9 Å². The quantitative estimate of drug-likeness (QED) is 0.586. The van der Waals surface area contributed by atoms with E-state index in [1.165, 1.54) is 17.4 Å². The van der Waals surface area contributed by atoms with Crippen molar-refractivity contribution < 1.29 is 23.0 Å². The number of aromatic nitrogens is 1. The van der Waals surface area contributed by atoms with Crippen LogP contribution in [0.5, 0.6) is 11.5 Å². The van der Waals surface area contributed by atoms with Gasteiger partial charge >= 0.3 is 6.61 Å². The van der Waals surface area contributed by atoms with Gasteiger partial charge in [-0.15, -0.1) is 11.3 Å². The van der Waals surface area contributed by atoms with Crippen LogP contribution < -0.4 is 9.47 Å². The zero-order valence-corrected chi connectivity index (χ0v) is 17.6. The highest BCUT2D eigenvalue weighted by Crippen LogP contribution is 2.30. The maximum atomic E-state index is 12.8. The Morgan fingerprint density at radius 2 is 2.00 bits per heavy atom. The van der Waals surface area contributed by atoms with Crippen LogP contribution in [0.4, 0.5) is 8.78 Å². The lowest BCUT2D eigenvalue weighted by atomic mass is 10.1. The summed E-state index contributed by atoms with van der Waals surface area (Å²) >= 11 is 1.43. The van der Waals surface area contributed by atoms with Crippen LogP contribution in [0.15, 0.2) is 18.2 Å². The van der Waals surface area contributed by atoms with Gasteiger partial charge < -0.3 is 14.4 Å². The van der Waals surface area contributed by atoms with Crippen molar-refractivity contribution in [3.8, 4) is 11.5 Å². The molecule has 0 aliphatic heterocycles. The molecule has 5 nitrogen and oxygen atoms in total. The van der Waals surface area contributed by atoms with Crippen molar-refractivity contribution >= 4 is 17.2 Å². The normalized spacial score (nSPS) is 11.2. The smallest absolute Gasteiger partial charge is 0.387 e. The predicted molar refractivity (Wildman–Crippen MR) is 105 cm³/mol. The molecule has 1 amide bonds. The van der Waals surface area contributed by atoms with Gasteiger partial charge in [-0.2, -0.15) is 8.78 Å². The molecule has 0 aliphatic carbocycles. The fraction of sp³-hybridized carbons (Fsp3) is 0.500. The van der Waals surface area contributed by atoms with Gasteiger partial charge in [-0.3, -0.25) is 4.79 Å². The van der Waals surface area contributed by atoms with Crippen LogP contribution in [0.2, 0.25) is 0 Å². The Bertz CT molecular complexity index is 809. The highest BCUT2D eigenvalue weighted by Gasteiger charge is 2.20. The Hall–Kier alpha value is -2.22. The number of alkyl halides is 2. The average molecular weight is 413 g/mol. The topological polar surface area (TPSA) is 51.7 Å². The van der Waals surface area contributed by atoms with Crippen LogP contribution in [0.1, 0.15) is 46.7 Å². The number of halogens is 2. The van der Waals surface area contributed by atoms with Gasteiger partial charge in [-0.25, -0.2) is 4.98 Å². The van der Waals surface area contributed by atoms with E-state index >= 15 is 0 Å². The molecule has 0 bridgehead atoms. The molecule has 0 saturated heterocycles. The summed E-state index contributed by atoms with van der Waals surface area (Å²) in [5.41, 5.74) is 1.48. The third kappa shape index (κ3) is 5.89. The van der Waals surface area contributed by atoms with E-state index in [4.69, 9.17) is 4.74 Å².